The Morgan fingerprint density at radius 2 is 2.17 bits per heavy atom. The first kappa shape index (κ1) is 15.2. The quantitative estimate of drug-likeness (QED) is 0.597. The first-order valence-electron chi connectivity index (χ1n) is 6.16. The van der Waals surface area contributed by atoms with Crippen LogP contribution in [-0.2, 0) is 19.1 Å². The van der Waals surface area contributed by atoms with E-state index in [1.165, 1.54) is 6.92 Å². The summed E-state index contributed by atoms with van der Waals surface area (Å²) in [4.78, 5) is 34.2. The Morgan fingerprint density at radius 1 is 1.44 bits per heavy atom. The van der Waals surface area contributed by atoms with E-state index in [4.69, 9.17) is 4.74 Å². The molecule has 1 aliphatic rings. The second-order valence-corrected chi connectivity index (χ2v) is 5.49. The molecule has 1 saturated heterocycles. The second kappa shape index (κ2) is 7.53. The zero-order valence-corrected chi connectivity index (χ0v) is 11.5. The molecule has 0 amide bonds. The van der Waals surface area contributed by atoms with Gasteiger partial charge in [-0.1, -0.05) is 18.7 Å². The number of carbonyl (C=O) groups is 3. The Kier molecular flexibility index (Phi) is 6.35. The van der Waals surface area contributed by atoms with Crippen molar-refractivity contribution in [3.05, 3.63) is 0 Å². The van der Waals surface area contributed by atoms with Gasteiger partial charge in [-0.2, -0.15) is 0 Å². The van der Waals surface area contributed by atoms with Gasteiger partial charge in [0.2, 0.25) is 0 Å². The smallest absolute Gasteiger partial charge is 0.330 e. The number of hydrogen-bond acceptors (Lipinski definition) is 6. The van der Waals surface area contributed by atoms with E-state index in [0.717, 1.165) is 24.7 Å². The fourth-order valence-corrected chi connectivity index (χ4v) is 2.52. The summed E-state index contributed by atoms with van der Waals surface area (Å²) >= 11 is 1.08. The Bertz CT molecular complexity index is 326. The highest BCUT2D eigenvalue weighted by Crippen LogP contribution is 2.16. The Balaban J connectivity index is 2.40. The van der Waals surface area contributed by atoms with E-state index in [1.807, 2.05) is 6.92 Å². The van der Waals surface area contributed by atoms with Crippen molar-refractivity contribution < 1.29 is 19.1 Å². The second-order valence-electron chi connectivity index (χ2n) is 4.30. The summed E-state index contributed by atoms with van der Waals surface area (Å²) in [6, 6.07) is -0.355. The zero-order chi connectivity index (χ0) is 13.5. The van der Waals surface area contributed by atoms with Crippen LogP contribution in [0, 0.1) is 5.92 Å². The van der Waals surface area contributed by atoms with Gasteiger partial charge in [0.05, 0.1) is 5.92 Å². The van der Waals surface area contributed by atoms with Crippen molar-refractivity contribution in [2.75, 3.05) is 12.3 Å². The molecule has 1 N–H and O–H groups in total. The Labute approximate surface area is 111 Å². The van der Waals surface area contributed by atoms with Crippen molar-refractivity contribution in [2.24, 2.45) is 5.92 Å². The number of thioether (sulfide) groups is 1. The van der Waals surface area contributed by atoms with Crippen LogP contribution in [0.1, 0.15) is 33.1 Å². The van der Waals surface area contributed by atoms with E-state index in [9.17, 15) is 14.4 Å². The fourth-order valence-electron chi connectivity index (χ4n) is 1.71. The normalized spacial score (nSPS) is 20.4. The van der Waals surface area contributed by atoms with Crippen molar-refractivity contribution in [3.8, 4) is 0 Å². The third kappa shape index (κ3) is 4.78. The van der Waals surface area contributed by atoms with Crippen LogP contribution in [0.3, 0.4) is 0 Å². The van der Waals surface area contributed by atoms with E-state index in [1.54, 1.807) is 0 Å². The molecule has 6 heteroatoms. The van der Waals surface area contributed by atoms with E-state index < -0.39 is 17.9 Å². The minimum Gasteiger partial charge on any atom is -0.392 e. The van der Waals surface area contributed by atoms with Crippen molar-refractivity contribution in [1.29, 1.82) is 0 Å². The van der Waals surface area contributed by atoms with Crippen LogP contribution in [0.25, 0.3) is 0 Å². The van der Waals surface area contributed by atoms with Gasteiger partial charge in [0, 0.05) is 12.7 Å². The lowest BCUT2D eigenvalue weighted by atomic mass is 10.1. The molecule has 0 saturated carbocycles. The number of esters is 2. The SMILES string of the molecule is CCC(CSC(C)=O)C(=O)OC(=O)[C@@H]1CCCN1. The molecule has 0 aliphatic carbocycles. The predicted octanol–water partition coefficient (Wildman–Crippen LogP) is 1.11. The third-order valence-corrected chi connectivity index (χ3v) is 3.84. The largest absolute Gasteiger partial charge is 0.392 e. The maximum Gasteiger partial charge on any atom is 0.330 e. The van der Waals surface area contributed by atoms with Gasteiger partial charge >= 0.3 is 11.9 Å². The lowest BCUT2D eigenvalue weighted by molar-refractivity contribution is -0.163. The minimum atomic E-state index is -0.523. The zero-order valence-electron chi connectivity index (χ0n) is 10.7. The average Bonchev–Trinajstić information content (AvgIpc) is 2.82. The molecule has 18 heavy (non-hydrogen) atoms. The van der Waals surface area contributed by atoms with Crippen molar-refractivity contribution in [1.82, 2.24) is 5.32 Å². The third-order valence-electron chi connectivity index (χ3n) is 2.86. The average molecular weight is 273 g/mol. The predicted molar refractivity (Wildman–Crippen MR) is 69.0 cm³/mol. The van der Waals surface area contributed by atoms with Crippen LogP contribution >= 0.6 is 11.8 Å². The van der Waals surface area contributed by atoms with Gasteiger partial charge < -0.3 is 10.1 Å². The van der Waals surface area contributed by atoms with Gasteiger partial charge in [-0.25, -0.2) is 4.79 Å². The Hall–Kier alpha value is -0.880. The van der Waals surface area contributed by atoms with Gasteiger partial charge in [-0.15, -0.1) is 0 Å². The molecule has 1 rings (SSSR count). The molecule has 0 aromatic heterocycles. The van der Waals surface area contributed by atoms with Crippen LogP contribution < -0.4 is 5.32 Å². The first-order chi connectivity index (χ1) is 8.54. The standard InChI is InChI=1S/C12H19NO4S/c1-3-9(7-18-8(2)14)11(15)17-12(16)10-5-4-6-13-10/h9-10,13H,3-7H2,1-2H3/t9?,10-/m0/s1. The molecule has 1 aliphatic heterocycles. The maximum absolute atomic E-state index is 11.8. The van der Waals surface area contributed by atoms with E-state index >= 15 is 0 Å². The Morgan fingerprint density at radius 3 is 2.67 bits per heavy atom. The molecule has 1 unspecified atom stereocenters. The number of hydrogen-bond donors (Lipinski definition) is 1. The van der Waals surface area contributed by atoms with Crippen molar-refractivity contribution in [2.45, 2.75) is 39.2 Å². The highest BCUT2D eigenvalue weighted by atomic mass is 32.2. The van der Waals surface area contributed by atoms with Crippen LogP contribution in [0.15, 0.2) is 0 Å². The van der Waals surface area contributed by atoms with Gasteiger partial charge in [-0.05, 0) is 25.8 Å². The van der Waals surface area contributed by atoms with Crippen molar-refractivity contribution in [3.63, 3.8) is 0 Å². The van der Waals surface area contributed by atoms with E-state index in [0.29, 0.717) is 18.6 Å². The number of ether oxygens (including phenoxy) is 1. The van der Waals surface area contributed by atoms with Gasteiger partial charge in [0.25, 0.3) is 0 Å². The molecular formula is C12H19NO4S. The molecule has 5 nitrogen and oxygen atoms in total. The number of nitrogens with one attached hydrogen (secondary N) is 1. The summed E-state index contributed by atoms with van der Waals surface area (Å²) < 4.78 is 4.85. The van der Waals surface area contributed by atoms with Crippen LogP contribution in [0.4, 0.5) is 0 Å². The monoisotopic (exact) mass is 273 g/mol. The molecule has 0 aromatic carbocycles. The molecule has 1 fully saturated rings. The van der Waals surface area contributed by atoms with Crippen molar-refractivity contribution >= 4 is 28.8 Å². The topological polar surface area (TPSA) is 72.5 Å². The molecule has 102 valence electrons. The molecule has 0 aromatic rings. The molecule has 2 atom stereocenters. The van der Waals surface area contributed by atoms with E-state index in [-0.39, 0.29) is 11.2 Å². The van der Waals surface area contributed by atoms with E-state index in [2.05, 4.69) is 5.32 Å². The summed E-state index contributed by atoms with van der Waals surface area (Å²) in [5.74, 6) is -1.05. The summed E-state index contributed by atoms with van der Waals surface area (Å²) in [6.07, 6.45) is 2.20. The number of carbonyl (C=O) groups excluding carboxylic acids is 3. The summed E-state index contributed by atoms with van der Waals surface area (Å²) in [7, 11) is 0. The molecule has 0 spiro atoms. The maximum atomic E-state index is 11.8. The van der Waals surface area contributed by atoms with Crippen LogP contribution in [-0.4, -0.2) is 35.4 Å². The lowest BCUT2D eigenvalue weighted by Crippen LogP contribution is -2.35. The molecule has 1 heterocycles. The van der Waals surface area contributed by atoms with Crippen LogP contribution in [0.2, 0.25) is 0 Å². The lowest BCUT2D eigenvalue weighted by Gasteiger charge is -2.14. The summed E-state index contributed by atoms with van der Waals surface area (Å²) in [5, 5.41) is 2.95. The van der Waals surface area contributed by atoms with Crippen LogP contribution in [0.5, 0.6) is 0 Å². The molecule has 0 radical (unpaired) electrons. The highest BCUT2D eigenvalue weighted by Gasteiger charge is 2.28. The highest BCUT2D eigenvalue weighted by molar-refractivity contribution is 8.13. The van der Waals surface area contributed by atoms with Gasteiger partial charge in [-0.3, -0.25) is 9.59 Å². The minimum absolute atomic E-state index is 0.0370. The first-order valence-corrected chi connectivity index (χ1v) is 7.15. The fraction of sp³-hybridized carbons (Fsp3) is 0.750. The molecule has 0 bridgehead atoms. The summed E-state index contributed by atoms with van der Waals surface area (Å²) in [6.45, 7) is 4.08. The van der Waals surface area contributed by atoms with Gasteiger partial charge in [0.1, 0.15) is 6.04 Å². The van der Waals surface area contributed by atoms with Gasteiger partial charge in [0.15, 0.2) is 5.12 Å². The molecular weight excluding hydrogens is 254 g/mol. The number of rotatable bonds is 5. The summed E-state index contributed by atoms with van der Waals surface area (Å²) in [5.41, 5.74) is 0.